The Morgan fingerprint density at radius 2 is 2.28 bits per heavy atom. The molecule has 1 amide bonds. The van der Waals surface area contributed by atoms with E-state index in [0.29, 0.717) is 6.54 Å². The minimum absolute atomic E-state index is 0.156. The van der Waals surface area contributed by atoms with Crippen molar-refractivity contribution in [1.29, 1.82) is 0 Å². The van der Waals surface area contributed by atoms with Crippen molar-refractivity contribution in [2.45, 2.75) is 18.7 Å². The van der Waals surface area contributed by atoms with Gasteiger partial charge in [0, 0.05) is 22.3 Å². The molecule has 0 spiro atoms. The summed E-state index contributed by atoms with van der Waals surface area (Å²) in [5.74, 6) is 7.19. The van der Waals surface area contributed by atoms with Crippen molar-refractivity contribution in [3.63, 3.8) is 0 Å². The highest BCUT2D eigenvalue weighted by Gasteiger charge is 2.20. The normalized spacial score (nSPS) is 14.5. The van der Waals surface area contributed by atoms with Gasteiger partial charge in [0.15, 0.2) is 0 Å². The number of aromatic nitrogens is 1. The highest BCUT2D eigenvalue weighted by atomic mass is 32.2. The Hall–Kier alpha value is -1.46. The molecule has 1 aliphatic heterocycles. The highest BCUT2D eigenvalue weighted by Crippen LogP contribution is 2.33. The van der Waals surface area contributed by atoms with Crippen molar-refractivity contribution in [1.82, 2.24) is 9.99 Å². The molecule has 3 N–H and O–H groups in total. The van der Waals surface area contributed by atoms with Crippen molar-refractivity contribution < 1.29 is 4.79 Å². The van der Waals surface area contributed by atoms with Gasteiger partial charge in [-0.25, -0.2) is 5.84 Å². The van der Waals surface area contributed by atoms with Gasteiger partial charge in [-0.05, 0) is 23.8 Å². The number of benzene rings is 1. The number of nitrogens with one attached hydrogen (secondary N) is 1. The van der Waals surface area contributed by atoms with Gasteiger partial charge < -0.3 is 4.57 Å². The molecule has 5 heteroatoms. The lowest BCUT2D eigenvalue weighted by atomic mass is 10.1. The third-order valence-corrected chi connectivity index (χ3v) is 4.37. The van der Waals surface area contributed by atoms with E-state index >= 15 is 0 Å². The molecular formula is C13H15N3OS. The van der Waals surface area contributed by atoms with E-state index in [1.807, 2.05) is 17.8 Å². The molecule has 1 aliphatic rings. The fourth-order valence-electron chi connectivity index (χ4n) is 2.59. The number of para-hydroxylation sites is 1. The Balaban J connectivity index is 2.19. The fourth-order valence-corrected chi connectivity index (χ4v) is 3.60. The zero-order valence-corrected chi connectivity index (χ0v) is 10.8. The SMILES string of the molecule is NNC(=O)Cn1c2c(c3ccccc31)CSCC2. The molecule has 0 radical (unpaired) electrons. The third kappa shape index (κ3) is 1.79. The van der Waals surface area contributed by atoms with Crippen LogP contribution in [-0.2, 0) is 23.5 Å². The van der Waals surface area contributed by atoms with Crippen LogP contribution in [0.25, 0.3) is 10.9 Å². The summed E-state index contributed by atoms with van der Waals surface area (Å²) in [6.45, 7) is 0.303. The maximum atomic E-state index is 11.5. The Morgan fingerprint density at radius 3 is 3.11 bits per heavy atom. The highest BCUT2D eigenvalue weighted by molar-refractivity contribution is 7.98. The summed E-state index contributed by atoms with van der Waals surface area (Å²) >= 11 is 1.95. The van der Waals surface area contributed by atoms with Crippen molar-refractivity contribution in [3.8, 4) is 0 Å². The molecule has 2 heterocycles. The van der Waals surface area contributed by atoms with E-state index < -0.39 is 0 Å². The number of carbonyl (C=O) groups is 1. The van der Waals surface area contributed by atoms with Crippen LogP contribution >= 0.6 is 11.8 Å². The Labute approximate surface area is 109 Å². The van der Waals surface area contributed by atoms with E-state index in [4.69, 9.17) is 5.84 Å². The Bertz CT molecular complexity index is 606. The largest absolute Gasteiger partial charge is 0.335 e. The quantitative estimate of drug-likeness (QED) is 0.488. The standard InChI is InChI=1S/C13H15N3OS/c14-15-13(17)7-16-11-4-2-1-3-9(11)10-8-18-6-5-12(10)16/h1-4H,5-8,14H2,(H,15,17). The van der Waals surface area contributed by atoms with Gasteiger partial charge in [0.1, 0.15) is 6.54 Å². The molecule has 0 saturated heterocycles. The summed E-state index contributed by atoms with van der Waals surface area (Å²) in [5.41, 5.74) is 6.01. The minimum Gasteiger partial charge on any atom is -0.335 e. The predicted molar refractivity (Wildman–Crippen MR) is 74.1 cm³/mol. The second-order valence-electron chi connectivity index (χ2n) is 4.40. The van der Waals surface area contributed by atoms with Crippen LogP contribution in [0.1, 0.15) is 11.3 Å². The number of amides is 1. The lowest BCUT2D eigenvalue weighted by Gasteiger charge is -2.15. The van der Waals surface area contributed by atoms with Gasteiger partial charge in [-0.15, -0.1) is 0 Å². The maximum absolute atomic E-state index is 11.5. The lowest BCUT2D eigenvalue weighted by molar-refractivity contribution is -0.121. The first-order valence-corrected chi connectivity index (χ1v) is 7.13. The maximum Gasteiger partial charge on any atom is 0.253 e. The van der Waals surface area contributed by atoms with Crippen LogP contribution in [0.4, 0.5) is 0 Å². The summed E-state index contributed by atoms with van der Waals surface area (Å²) in [6, 6.07) is 8.27. The number of thioether (sulfide) groups is 1. The van der Waals surface area contributed by atoms with E-state index in [2.05, 4.69) is 28.2 Å². The number of carbonyl (C=O) groups excluding carboxylic acids is 1. The van der Waals surface area contributed by atoms with E-state index in [1.165, 1.54) is 16.6 Å². The number of hydrogen-bond acceptors (Lipinski definition) is 3. The van der Waals surface area contributed by atoms with Crippen LogP contribution in [0, 0.1) is 0 Å². The van der Waals surface area contributed by atoms with Gasteiger partial charge in [0.05, 0.1) is 0 Å². The van der Waals surface area contributed by atoms with E-state index in [1.54, 1.807) is 0 Å². The smallest absolute Gasteiger partial charge is 0.253 e. The summed E-state index contributed by atoms with van der Waals surface area (Å²) in [5, 5.41) is 1.27. The van der Waals surface area contributed by atoms with Gasteiger partial charge in [0.25, 0.3) is 5.91 Å². The van der Waals surface area contributed by atoms with Gasteiger partial charge in [0.2, 0.25) is 0 Å². The van der Waals surface area contributed by atoms with Crippen LogP contribution in [0.3, 0.4) is 0 Å². The molecule has 94 valence electrons. The molecule has 3 rings (SSSR count). The van der Waals surface area contributed by atoms with E-state index in [0.717, 1.165) is 23.4 Å². The van der Waals surface area contributed by atoms with Crippen LogP contribution in [-0.4, -0.2) is 16.2 Å². The average Bonchev–Trinajstić information content (AvgIpc) is 2.74. The molecule has 4 nitrogen and oxygen atoms in total. The second kappa shape index (κ2) is 4.66. The summed E-state index contributed by atoms with van der Waals surface area (Å²) in [4.78, 5) is 11.5. The molecule has 1 aromatic carbocycles. The molecule has 0 fully saturated rings. The monoisotopic (exact) mass is 261 g/mol. The molecule has 18 heavy (non-hydrogen) atoms. The molecule has 0 atom stereocenters. The predicted octanol–water partition coefficient (Wildman–Crippen LogP) is 1.42. The molecule has 0 bridgehead atoms. The zero-order valence-electron chi connectivity index (χ0n) is 9.98. The topological polar surface area (TPSA) is 60.0 Å². The Kier molecular flexibility index (Phi) is 3.01. The van der Waals surface area contributed by atoms with Crippen molar-refractivity contribution in [2.75, 3.05) is 5.75 Å². The summed E-state index contributed by atoms with van der Waals surface area (Å²) < 4.78 is 2.10. The van der Waals surface area contributed by atoms with E-state index in [9.17, 15) is 4.79 Å². The minimum atomic E-state index is -0.156. The first-order valence-electron chi connectivity index (χ1n) is 5.97. The van der Waals surface area contributed by atoms with Crippen molar-refractivity contribution >= 4 is 28.6 Å². The number of rotatable bonds is 2. The van der Waals surface area contributed by atoms with E-state index in [-0.39, 0.29) is 5.91 Å². The van der Waals surface area contributed by atoms with Crippen molar-refractivity contribution in [2.24, 2.45) is 5.84 Å². The van der Waals surface area contributed by atoms with Crippen LogP contribution in [0.2, 0.25) is 0 Å². The van der Waals surface area contributed by atoms with Gasteiger partial charge in [-0.2, -0.15) is 11.8 Å². The van der Waals surface area contributed by atoms with Crippen LogP contribution in [0.15, 0.2) is 24.3 Å². The van der Waals surface area contributed by atoms with Gasteiger partial charge >= 0.3 is 0 Å². The third-order valence-electron chi connectivity index (χ3n) is 3.39. The molecule has 0 saturated carbocycles. The number of nitrogens with zero attached hydrogens (tertiary/aromatic N) is 1. The zero-order chi connectivity index (χ0) is 12.5. The van der Waals surface area contributed by atoms with Crippen LogP contribution < -0.4 is 11.3 Å². The second-order valence-corrected chi connectivity index (χ2v) is 5.50. The van der Waals surface area contributed by atoms with Crippen molar-refractivity contribution in [3.05, 3.63) is 35.5 Å². The average molecular weight is 261 g/mol. The van der Waals surface area contributed by atoms with Gasteiger partial charge in [-0.3, -0.25) is 10.2 Å². The first kappa shape index (κ1) is 11.6. The molecule has 0 unspecified atom stereocenters. The number of hydrazine groups is 1. The fraction of sp³-hybridized carbons (Fsp3) is 0.308. The number of hydrogen-bond donors (Lipinski definition) is 2. The number of fused-ring (bicyclic) bond motifs is 3. The van der Waals surface area contributed by atoms with Crippen LogP contribution in [0.5, 0.6) is 0 Å². The summed E-state index contributed by atoms with van der Waals surface area (Å²) in [7, 11) is 0. The summed E-state index contributed by atoms with van der Waals surface area (Å²) in [6.07, 6.45) is 1.02. The first-order chi connectivity index (χ1) is 8.81. The molecular weight excluding hydrogens is 246 g/mol. The lowest BCUT2D eigenvalue weighted by Crippen LogP contribution is -2.33. The molecule has 0 aliphatic carbocycles. The molecule has 1 aromatic heterocycles. The van der Waals surface area contributed by atoms with Gasteiger partial charge in [-0.1, -0.05) is 18.2 Å². The Morgan fingerprint density at radius 1 is 1.44 bits per heavy atom. The molecule has 2 aromatic rings. The number of nitrogens with two attached hydrogens (primary N) is 1.